The summed E-state index contributed by atoms with van der Waals surface area (Å²) in [4.78, 5) is 9.23. The van der Waals surface area contributed by atoms with E-state index in [0.717, 1.165) is 35.5 Å². The van der Waals surface area contributed by atoms with E-state index in [0.29, 0.717) is 0 Å². The zero-order chi connectivity index (χ0) is 13.1. The number of hydrogen-bond acceptors (Lipinski definition) is 3. The van der Waals surface area contributed by atoms with Crippen LogP contribution < -0.4 is 5.32 Å². The smallest absolute Gasteiger partial charge is 0.148 e. The number of hydrogen-bond donors (Lipinski definition) is 1. The zero-order valence-corrected chi connectivity index (χ0v) is 11.3. The van der Waals surface area contributed by atoms with Gasteiger partial charge in [-0.3, -0.25) is 0 Å². The maximum atomic E-state index is 4.65. The Hall–Kier alpha value is -1.90. The Balaban J connectivity index is 1.71. The van der Waals surface area contributed by atoms with Gasteiger partial charge in [0.05, 0.1) is 16.7 Å². The topological polar surface area (TPSA) is 37.8 Å². The predicted octanol–water partition coefficient (Wildman–Crippen LogP) is 3.85. The Kier molecular flexibility index (Phi) is 3.45. The van der Waals surface area contributed by atoms with Crippen LogP contribution in [0.15, 0.2) is 35.9 Å². The highest BCUT2D eigenvalue weighted by Crippen LogP contribution is 2.21. The van der Waals surface area contributed by atoms with Crippen molar-refractivity contribution in [3.8, 4) is 0 Å². The Morgan fingerprint density at radius 3 is 2.68 bits per heavy atom. The van der Waals surface area contributed by atoms with E-state index in [-0.39, 0.29) is 0 Å². The Labute approximate surface area is 113 Å². The van der Waals surface area contributed by atoms with E-state index in [2.05, 4.69) is 21.4 Å². The van der Waals surface area contributed by atoms with E-state index in [1.165, 1.54) is 19.3 Å². The van der Waals surface area contributed by atoms with E-state index in [1.807, 2.05) is 31.2 Å². The number of nitrogens with zero attached hydrogens (tertiary/aromatic N) is 2. The molecular formula is C16H19N3. The Morgan fingerprint density at radius 1 is 1.16 bits per heavy atom. The minimum atomic E-state index is 0.914. The molecule has 98 valence electrons. The van der Waals surface area contributed by atoms with Gasteiger partial charge in [-0.25, -0.2) is 9.97 Å². The van der Waals surface area contributed by atoms with Gasteiger partial charge in [0, 0.05) is 6.54 Å². The maximum absolute atomic E-state index is 4.65. The molecule has 0 saturated heterocycles. The summed E-state index contributed by atoms with van der Waals surface area (Å²) in [6.07, 6.45) is 7.34. The number of aryl methyl sites for hydroxylation is 1. The number of benzene rings is 1. The average molecular weight is 253 g/mol. The van der Waals surface area contributed by atoms with Crippen molar-refractivity contribution in [1.82, 2.24) is 9.97 Å². The number of aromatic nitrogens is 2. The fourth-order valence-electron chi connectivity index (χ4n) is 2.56. The third kappa shape index (κ3) is 2.75. The molecule has 0 spiro atoms. The molecule has 0 saturated carbocycles. The molecule has 0 atom stereocenters. The second-order valence-corrected chi connectivity index (χ2v) is 5.08. The summed E-state index contributed by atoms with van der Waals surface area (Å²) < 4.78 is 0. The molecule has 1 aliphatic rings. The molecule has 1 aromatic heterocycles. The summed E-state index contributed by atoms with van der Waals surface area (Å²) in [5.41, 5.74) is 4.47. The number of rotatable bonds is 4. The minimum absolute atomic E-state index is 0.914. The molecule has 1 aromatic carbocycles. The van der Waals surface area contributed by atoms with Gasteiger partial charge in [-0.1, -0.05) is 23.8 Å². The van der Waals surface area contributed by atoms with Gasteiger partial charge in [0.2, 0.25) is 0 Å². The van der Waals surface area contributed by atoms with E-state index < -0.39 is 0 Å². The highest BCUT2D eigenvalue weighted by atomic mass is 15.0. The molecule has 19 heavy (non-hydrogen) atoms. The Morgan fingerprint density at radius 2 is 1.95 bits per heavy atom. The van der Waals surface area contributed by atoms with Crippen LogP contribution in [0.2, 0.25) is 0 Å². The summed E-state index contributed by atoms with van der Waals surface area (Å²) in [6, 6.07) is 8.00. The van der Waals surface area contributed by atoms with Crippen molar-refractivity contribution in [2.45, 2.75) is 32.6 Å². The average Bonchev–Trinajstić information content (AvgIpc) is 2.92. The van der Waals surface area contributed by atoms with Crippen molar-refractivity contribution < 1.29 is 0 Å². The van der Waals surface area contributed by atoms with Crippen LogP contribution in [0.4, 0.5) is 5.82 Å². The van der Waals surface area contributed by atoms with Crippen LogP contribution in [0.25, 0.3) is 11.0 Å². The molecule has 2 aromatic rings. The molecule has 0 amide bonds. The zero-order valence-electron chi connectivity index (χ0n) is 11.3. The number of allylic oxidation sites excluding steroid dienone is 1. The predicted molar refractivity (Wildman–Crippen MR) is 79.3 cm³/mol. The third-order valence-electron chi connectivity index (χ3n) is 3.62. The quantitative estimate of drug-likeness (QED) is 0.841. The van der Waals surface area contributed by atoms with Crippen molar-refractivity contribution in [3.63, 3.8) is 0 Å². The van der Waals surface area contributed by atoms with Crippen LogP contribution >= 0.6 is 0 Å². The van der Waals surface area contributed by atoms with Gasteiger partial charge < -0.3 is 5.32 Å². The first-order valence-electron chi connectivity index (χ1n) is 6.98. The van der Waals surface area contributed by atoms with Crippen LogP contribution in [-0.2, 0) is 0 Å². The van der Waals surface area contributed by atoms with E-state index in [1.54, 1.807) is 5.57 Å². The molecule has 1 heterocycles. The highest BCUT2D eigenvalue weighted by Gasteiger charge is 2.06. The van der Waals surface area contributed by atoms with E-state index in [9.17, 15) is 0 Å². The van der Waals surface area contributed by atoms with Crippen molar-refractivity contribution in [2.24, 2.45) is 0 Å². The first-order chi connectivity index (χ1) is 9.33. The van der Waals surface area contributed by atoms with Gasteiger partial charge in [-0.15, -0.1) is 0 Å². The second kappa shape index (κ2) is 5.39. The highest BCUT2D eigenvalue weighted by molar-refractivity contribution is 5.76. The lowest BCUT2D eigenvalue weighted by Crippen LogP contribution is -2.07. The molecule has 1 aliphatic carbocycles. The van der Waals surface area contributed by atoms with E-state index in [4.69, 9.17) is 0 Å². The minimum Gasteiger partial charge on any atom is -0.368 e. The molecule has 0 bridgehead atoms. The van der Waals surface area contributed by atoms with Gasteiger partial charge in [0.15, 0.2) is 0 Å². The third-order valence-corrected chi connectivity index (χ3v) is 3.62. The largest absolute Gasteiger partial charge is 0.368 e. The van der Waals surface area contributed by atoms with Gasteiger partial charge in [0.25, 0.3) is 0 Å². The lowest BCUT2D eigenvalue weighted by Gasteiger charge is -2.09. The second-order valence-electron chi connectivity index (χ2n) is 5.08. The van der Waals surface area contributed by atoms with Gasteiger partial charge in [0.1, 0.15) is 5.82 Å². The molecule has 3 rings (SSSR count). The van der Waals surface area contributed by atoms with Gasteiger partial charge in [-0.2, -0.15) is 0 Å². The lowest BCUT2D eigenvalue weighted by atomic mass is 10.2. The summed E-state index contributed by atoms with van der Waals surface area (Å²) in [7, 11) is 0. The summed E-state index contributed by atoms with van der Waals surface area (Å²) in [5, 5.41) is 3.42. The number of para-hydroxylation sites is 2. The van der Waals surface area contributed by atoms with Crippen molar-refractivity contribution in [1.29, 1.82) is 0 Å². The van der Waals surface area contributed by atoms with E-state index >= 15 is 0 Å². The first kappa shape index (κ1) is 12.2. The molecule has 0 fully saturated rings. The van der Waals surface area contributed by atoms with Crippen LogP contribution in [0.5, 0.6) is 0 Å². The van der Waals surface area contributed by atoms with Crippen LogP contribution in [-0.4, -0.2) is 16.5 Å². The Bertz CT molecular complexity index is 616. The lowest BCUT2D eigenvalue weighted by molar-refractivity contribution is 0.861. The molecule has 3 nitrogen and oxygen atoms in total. The fourth-order valence-corrected chi connectivity index (χ4v) is 2.56. The molecule has 3 heteroatoms. The number of fused-ring (bicyclic) bond motifs is 1. The normalized spacial score (nSPS) is 14.7. The monoisotopic (exact) mass is 253 g/mol. The van der Waals surface area contributed by atoms with Gasteiger partial charge >= 0.3 is 0 Å². The first-order valence-corrected chi connectivity index (χ1v) is 6.98. The van der Waals surface area contributed by atoms with Gasteiger partial charge in [-0.05, 0) is 44.7 Å². The van der Waals surface area contributed by atoms with Crippen molar-refractivity contribution in [2.75, 3.05) is 11.9 Å². The maximum Gasteiger partial charge on any atom is 0.148 e. The van der Waals surface area contributed by atoms with Crippen molar-refractivity contribution >= 4 is 16.9 Å². The number of nitrogens with one attached hydrogen (secondary N) is 1. The molecule has 0 aliphatic heterocycles. The molecule has 0 radical (unpaired) electrons. The summed E-state index contributed by atoms with van der Waals surface area (Å²) in [6.45, 7) is 2.95. The molecular weight excluding hydrogens is 234 g/mol. The standard InChI is InChI=1S/C16H19N3/c1-12-16(17-11-10-13-6-2-3-7-13)19-15-9-5-4-8-14(15)18-12/h4-6,8-9H,2-3,7,10-11H2,1H3,(H,17,19). The molecule has 0 unspecified atom stereocenters. The SMILES string of the molecule is Cc1nc2ccccc2nc1NCCC1=CCCC1. The molecule has 1 N–H and O–H groups in total. The fraction of sp³-hybridized carbons (Fsp3) is 0.375. The summed E-state index contributed by atoms with van der Waals surface area (Å²) >= 11 is 0. The number of anilines is 1. The van der Waals surface area contributed by atoms with Crippen molar-refractivity contribution in [3.05, 3.63) is 41.6 Å². The van der Waals surface area contributed by atoms with Crippen LogP contribution in [0.3, 0.4) is 0 Å². The van der Waals surface area contributed by atoms with Crippen LogP contribution in [0.1, 0.15) is 31.4 Å². The van der Waals surface area contributed by atoms with Crippen LogP contribution in [0, 0.1) is 6.92 Å². The summed E-state index contributed by atoms with van der Waals surface area (Å²) in [5.74, 6) is 0.914.